The summed E-state index contributed by atoms with van der Waals surface area (Å²) < 4.78 is 19.0. The van der Waals surface area contributed by atoms with Crippen molar-refractivity contribution in [2.45, 2.75) is 43.9 Å². The highest BCUT2D eigenvalue weighted by atomic mass is 19.1. The van der Waals surface area contributed by atoms with Crippen LogP contribution >= 0.6 is 0 Å². The van der Waals surface area contributed by atoms with Crippen molar-refractivity contribution in [2.75, 3.05) is 26.3 Å². The van der Waals surface area contributed by atoms with Gasteiger partial charge in [-0.25, -0.2) is 4.39 Å². The summed E-state index contributed by atoms with van der Waals surface area (Å²) in [6.07, 6.45) is 4.90. The predicted octanol–water partition coefficient (Wildman–Crippen LogP) is 2.98. The van der Waals surface area contributed by atoms with Crippen LogP contribution in [0.2, 0.25) is 0 Å². The Morgan fingerprint density at radius 3 is 2.44 bits per heavy atom. The summed E-state index contributed by atoms with van der Waals surface area (Å²) in [5.74, 6) is -1.30. The molecular formula is C21H26FNO4. The summed E-state index contributed by atoms with van der Waals surface area (Å²) >= 11 is 0. The molecule has 0 aromatic heterocycles. The SMILES string of the molecule is O=C(N1C[C@H]2COCC[C@@]2(C(=O)O)C1)C1(c2ccc(F)cc2)CCCCC1. The van der Waals surface area contributed by atoms with Crippen molar-refractivity contribution in [1.82, 2.24) is 4.90 Å². The predicted molar refractivity (Wildman–Crippen MR) is 96.7 cm³/mol. The molecule has 2 saturated heterocycles. The number of likely N-dealkylation sites (tertiary alicyclic amines) is 1. The number of hydrogen-bond donors (Lipinski definition) is 1. The van der Waals surface area contributed by atoms with E-state index < -0.39 is 16.8 Å². The van der Waals surface area contributed by atoms with Gasteiger partial charge in [-0.15, -0.1) is 0 Å². The van der Waals surface area contributed by atoms with Gasteiger partial charge in [0.1, 0.15) is 5.82 Å². The third-order valence-corrected chi connectivity index (χ3v) is 6.93. The van der Waals surface area contributed by atoms with Gasteiger partial charge >= 0.3 is 5.97 Å². The molecule has 2 aliphatic heterocycles. The Kier molecular flexibility index (Phi) is 4.70. The van der Waals surface area contributed by atoms with Gasteiger partial charge in [0, 0.05) is 25.6 Å². The number of nitrogens with zero attached hydrogens (tertiary/aromatic N) is 1. The van der Waals surface area contributed by atoms with Gasteiger partial charge in [-0.1, -0.05) is 31.4 Å². The first-order valence-electron chi connectivity index (χ1n) is 9.85. The van der Waals surface area contributed by atoms with E-state index in [4.69, 9.17) is 4.74 Å². The minimum Gasteiger partial charge on any atom is -0.481 e. The summed E-state index contributed by atoms with van der Waals surface area (Å²) in [5, 5.41) is 9.89. The molecule has 146 valence electrons. The summed E-state index contributed by atoms with van der Waals surface area (Å²) in [5.41, 5.74) is -0.712. The Labute approximate surface area is 158 Å². The first-order valence-corrected chi connectivity index (χ1v) is 9.85. The third-order valence-electron chi connectivity index (χ3n) is 6.93. The van der Waals surface area contributed by atoms with Gasteiger partial charge < -0.3 is 14.7 Å². The summed E-state index contributed by atoms with van der Waals surface area (Å²) in [7, 11) is 0. The molecule has 0 radical (unpaired) electrons. The fourth-order valence-electron chi connectivity index (χ4n) is 5.31. The van der Waals surface area contributed by atoms with E-state index in [-0.39, 0.29) is 24.2 Å². The highest BCUT2D eigenvalue weighted by Gasteiger charge is 2.57. The molecule has 2 atom stereocenters. The van der Waals surface area contributed by atoms with Crippen molar-refractivity contribution < 1.29 is 23.8 Å². The molecule has 0 bridgehead atoms. The van der Waals surface area contributed by atoms with Crippen molar-refractivity contribution in [3.63, 3.8) is 0 Å². The molecule has 1 aliphatic carbocycles. The molecule has 27 heavy (non-hydrogen) atoms. The summed E-state index contributed by atoms with van der Waals surface area (Å²) in [6.45, 7) is 1.49. The van der Waals surface area contributed by atoms with Crippen molar-refractivity contribution in [3.8, 4) is 0 Å². The second kappa shape index (κ2) is 6.89. The number of amides is 1. The molecule has 4 rings (SSSR count). The number of halogens is 1. The largest absolute Gasteiger partial charge is 0.481 e. The second-order valence-electron chi connectivity index (χ2n) is 8.32. The number of hydrogen-bond acceptors (Lipinski definition) is 3. The fourth-order valence-corrected chi connectivity index (χ4v) is 5.31. The van der Waals surface area contributed by atoms with Crippen LogP contribution in [0.25, 0.3) is 0 Å². The minimum atomic E-state index is -0.896. The number of carboxylic acids is 1. The molecule has 3 fully saturated rings. The van der Waals surface area contributed by atoms with E-state index in [9.17, 15) is 19.1 Å². The maximum atomic E-state index is 13.7. The highest BCUT2D eigenvalue weighted by Crippen LogP contribution is 2.47. The Morgan fingerprint density at radius 2 is 1.81 bits per heavy atom. The number of carboxylic acid groups (broad SMARTS) is 1. The van der Waals surface area contributed by atoms with E-state index in [1.54, 1.807) is 17.0 Å². The van der Waals surface area contributed by atoms with Crippen LogP contribution in [0.4, 0.5) is 4.39 Å². The van der Waals surface area contributed by atoms with Crippen LogP contribution in [0.1, 0.15) is 44.1 Å². The molecule has 1 N–H and O–H groups in total. The molecule has 0 spiro atoms. The number of benzene rings is 1. The molecular weight excluding hydrogens is 349 g/mol. The van der Waals surface area contributed by atoms with Gasteiger partial charge in [-0.2, -0.15) is 0 Å². The van der Waals surface area contributed by atoms with Crippen molar-refractivity contribution >= 4 is 11.9 Å². The highest BCUT2D eigenvalue weighted by molar-refractivity contribution is 5.90. The van der Waals surface area contributed by atoms with Gasteiger partial charge in [0.2, 0.25) is 5.91 Å². The van der Waals surface area contributed by atoms with Crippen LogP contribution in [-0.4, -0.2) is 48.2 Å². The second-order valence-corrected chi connectivity index (χ2v) is 8.32. The van der Waals surface area contributed by atoms with E-state index in [0.29, 0.717) is 26.2 Å². The Balaban J connectivity index is 1.66. The maximum absolute atomic E-state index is 13.7. The number of carbonyl (C=O) groups is 2. The number of carbonyl (C=O) groups excluding carboxylic acids is 1. The van der Waals surface area contributed by atoms with Gasteiger partial charge in [0.25, 0.3) is 0 Å². The van der Waals surface area contributed by atoms with Crippen molar-refractivity contribution in [2.24, 2.45) is 11.3 Å². The van der Waals surface area contributed by atoms with E-state index in [1.165, 1.54) is 12.1 Å². The fraction of sp³-hybridized carbons (Fsp3) is 0.619. The van der Waals surface area contributed by atoms with Crippen LogP contribution < -0.4 is 0 Å². The lowest BCUT2D eigenvalue weighted by atomic mass is 9.68. The Hall–Kier alpha value is -1.95. The number of ether oxygens (including phenoxy) is 1. The topological polar surface area (TPSA) is 66.8 Å². The number of fused-ring (bicyclic) bond motifs is 1. The lowest BCUT2D eigenvalue weighted by molar-refractivity contribution is -0.157. The first-order chi connectivity index (χ1) is 13.0. The zero-order chi connectivity index (χ0) is 19.1. The summed E-state index contributed by atoms with van der Waals surface area (Å²) in [6, 6.07) is 6.26. The average molecular weight is 375 g/mol. The lowest BCUT2D eigenvalue weighted by Gasteiger charge is -2.39. The van der Waals surface area contributed by atoms with Gasteiger partial charge in [-0.05, 0) is 37.0 Å². The zero-order valence-electron chi connectivity index (χ0n) is 15.5. The van der Waals surface area contributed by atoms with E-state index in [1.807, 2.05) is 0 Å². The smallest absolute Gasteiger partial charge is 0.311 e. The van der Waals surface area contributed by atoms with Crippen molar-refractivity contribution in [3.05, 3.63) is 35.6 Å². The normalized spacial score (nSPS) is 30.0. The first kappa shape index (κ1) is 18.4. The zero-order valence-corrected chi connectivity index (χ0v) is 15.5. The summed E-state index contributed by atoms with van der Waals surface area (Å²) in [4.78, 5) is 27.5. The molecule has 1 aromatic rings. The van der Waals surface area contributed by atoms with Gasteiger partial charge in [0.05, 0.1) is 17.4 Å². The number of rotatable bonds is 3. The van der Waals surface area contributed by atoms with Crippen LogP contribution in [0.3, 0.4) is 0 Å². The van der Waals surface area contributed by atoms with Gasteiger partial charge in [0.15, 0.2) is 0 Å². The lowest BCUT2D eigenvalue weighted by Crippen LogP contribution is -2.49. The monoisotopic (exact) mass is 375 g/mol. The van der Waals surface area contributed by atoms with E-state index >= 15 is 0 Å². The van der Waals surface area contributed by atoms with Crippen LogP contribution in [0, 0.1) is 17.2 Å². The quantitative estimate of drug-likeness (QED) is 0.882. The van der Waals surface area contributed by atoms with Crippen LogP contribution in [0.15, 0.2) is 24.3 Å². The minimum absolute atomic E-state index is 0.00355. The van der Waals surface area contributed by atoms with Gasteiger partial charge in [-0.3, -0.25) is 9.59 Å². The molecule has 3 aliphatic rings. The molecule has 1 amide bonds. The van der Waals surface area contributed by atoms with E-state index in [2.05, 4.69) is 0 Å². The molecule has 1 saturated carbocycles. The molecule has 6 heteroatoms. The molecule has 1 aromatic carbocycles. The Morgan fingerprint density at radius 1 is 1.11 bits per heavy atom. The number of aliphatic carboxylic acids is 1. The van der Waals surface area contributed by atoms with Crippen LogP contribution in [0.5, 0.6) is 0 Å². The Bertz CT molecular complexity index is 728. The maximum Gasteiger partial charge on any atom is 0.311 e. The molecule has 2 heterocycles. The van der Waals surface area contributed by atoms with Crippen LogP contribution in [-0.2, 0) is 19.7 Å². The third kappa shape index (κ3) is 2.94. The average Bonchev–Trinajstić information content (AvgIpc) is 3.09. The van der Waals surface area contributed by atoms with Crippen molar-refractivity contribution in [1.29, 1.82) is 0 Å². The standard InChI is InChI=1S/C21H26FNO4/c22-17-6-4-15(5-7-17)20(8-2-1-3-9-20)18(24)23-12-16-13-27-11-10-21(16,14-23)19(25)26/h4-7,16H,1-3,8-14H2,(H,25,26)/t16-,21+/m0/s1. The van der Waals surface area contributed by atoms with E-state index in [0.717, 1.165) is 37.7 Å². The molecule has 0 unspecified atom stereocenters. The molecule has 5 nitrogen and oxygen atoms in total.